The van der Waals surface area contributed by atoms with Gasteiger partial charge in [-0.15, -0.1) is 0 Å². The lowest BCUT2D eigenvalue weighted by Crippen LogP contribution is -1.91. The van der Waals surface area contributed by atoms with Crippen molar-refractivity contribution < 1.29 is 0 Å². The van der Waals surface area contributed by atoms with Crippen LogP contribution in [0.15, 0.2) is 10.2 Å². The second-order valence-electron chi connectivity index (χ2n) is 1.44. The molecule has 1 nitrogen and oxygen atoms in total. The molecule has 2 N–H and O–H groups in total. The molecule has 0 saturated carbocycles. The first kappa shape index (κ1) is 7.02. The zero-order chi connectivity index (χ0) is 5.86. The molecule has 0 rings (SSSR count). The smallest absolute Gasteiger partial charge is 0.0151 e. The van der Waals surface area contributed by atoms with Crippen molar-refractivity contribution in [3.05, 3.63) is 10.2 Å². The van der Waals surface area contributed by atoms with Gasteiger partial charge in [-0.25, -0.2) is 0 Å². The molecule has 0 fully saturated rings. The number of halogens is 1. The van der Waals surface area contributed by atoms with Crippen LogP contribution in [0, 0.1) is 0 Å². The highest BCUT2D eigenvalue weighted by molar-refractivity contribution is 9.11. The summed E-state index contributed by atoms with van der Waals surface area (Å²) in [5.41, 5.74) is 6.26. The fourth-order valence-corrected chi connectivity index (χ4v) is 0.279. The normalized spacial score (nSPS) is 13.6. The van der Waals surface area contributed by atoms with Gasteiger partial charge in [-0.2, -0.15) is 0 Å². The molecular formula is C5H10BrN. The Labute approximate surface area is 52.7 Å². The predicted molar refractivity (Wildman–Crippen MR) is 36.1 cm³/mol. The van der Waals surface area contributed by atoms with Gasteiger partial charge in [0.25, 0.3) is 0 Å². The van der Waals surface area contributed by atoms with E-state index in [2.05, 4.69) is 22.9 Å². The zero-order valence-corrected chi connectivity index (χ0v) is 6.25. The summed E-state index contributed by atoms with van der Waals surface area (Å²) in [6.07, 6.45) is 0.988. The third-order valence-electron chi connectivity index (χ3n) is 0.738. The van der Waals surface area contributed by atoms with Crippen LogP contribution in [0.2, 0.25) is 0 Å². The van der Waals surface area contributed by atoms with Gasteiger partial charge in [-0.05, 0) is 13.3 Å². The highest BCUT2D eigenvalue weighted by Gasteiger charge is 1.86. The zero-order valence-electron chi connectivity index (χ0n) is 4.66. The van der Waals surface area contributed by atoms with Crippen LogP contribution in [-0.4, -0.2) is 0 Å². The van der Waals surface area contributed by atoms with Crippen molar-refractivity contribution in [2.45, 2.75) is 20.3 Å². The van der Waals surface area contributed by atoms with Crippen LogP contribution >= 0.6 is 15.9 Å². The van der Waals surface area contributed by atoms with E-state index in [1.807, 2.05) is 6.92 Å². The summed E-state index contributed by atoms with van der Waals surface area (Å²) in [5, 5.41) is 0. The van der Waals surface area contributed by atoms with Crippen LogP contribution in [0.1, 0.15) is 20.3 Å². The maximum Gasteiger partial charge on any atom is 0.0151 e. The molecule has 0 aliphatic heterocycles. The van der Waals surface area contributed by atoms with Gasteiger partial charge in [-0.3, -0.25) is 0 Å². The summed E-state index contributed by atoms with van der Waals surface area (Å²) in [6, 6.07) is 0. The van der Waals surface area contributed by atoms with Gasteiger partial charge in [0.2, 0.25) is 0 Å². The summed E-state index contributed by atoms with van der Waals surface area (Å²) in [6.45, 7) is 3.94. The van der Waals surface area contributed by atoms with Gasteiger partial charge < -0.3 is 5.73 Å². The van der Waals surface area contributed by atoms with Crippen molar-refractivity contribution in [2.24, 2.45) is 5.73 Å². The standard InChI is InChI=1S/C5H10BrN/c1-3-5(6)4(2)7/h3,7H2,1-2H3. The van der Waals surface area contributed by atoms with Crippen molar-refractivity contribution in [1.29, 1.82) is 0 Å². The lowest BCUT2D eigenvalue weighted by atomic mass is 10.4. The van der Waals surface area contributed by atoms with Crippen LogP contribution in [0.25, 0.3) is 0 Å². The first-order valence-electron chi connectivity index (χ1n) is 2.29. The molecule has 2 heteroatoms. The van der Waals surface area contributed by atoms with E-state index < -0.39 is 0 Å². The van der Waals surface area contributed by atoms with E-state index in [1.54, 1.807) is 0 Å². The van der Waals surface area contributed by atoms with Gasteiger partial charge in [-0.1, -0.05) is 22.9 Å². The lowest BCUT2D eigenvalue weighted by Gasteiger charge is -1.92. The first-order valence-corrected chi connectivity index (χ1v) is 3.08. The number of hydrogen-bond acceptors (Lipinski definition) is 1. The third kappa shape index (κ3) is 2.68. The summed E-state index contributed by atoms with van der Waals surface area (Å²) < 4.78 is 1.10. The van der Waals surface area contributed by atoms with Gasteiger partial charge in [0.05, 0.1) is 0 Å². The first-order chi connectivity index (χ1) is 3.18. The van der Waals surface area contributed by atoms with Gasteiger partial charge in [0.1, 0.15) is 0 Å². The molecule has 0 radical (unpaired) electrons. The predicted octanol–water partition coefficient (Wildman–Crippen LogP) is 1.98. The highest BCUT2D eigenvalue weighted by atomic mass is 79.9. The Bertz CT molecular complexity index is 82.1. The fraction of sp³-hybridized carbons (Fsp3) is 0.600. The number of nitrogens with two attached hydrogens (primary N) is 1. The minimum atomic E-state index is 0.877. The molecular weight excluding hydrogens is 154 g/mol. The molecule has 0 amide bonds. The highest BCUT2D eigenvalue weighted by Crippen LogP contribution is 2.10. The van der Waals surface area contributed by atoms with E-state index in [0.29, 0.717) is 0 Å². The second kappa shape index (κ2) is 3.08. The van der Waals surface area contributed by atoms with Crippen molar-refractivity contribution in [3.8, 4) is 0 Å². The molecule has 0 saturated heterocycles. The van der Waals surface area contributed by atoms with Gasteiger partial charge in [0.15, 0.2) is 0 Å². The van der Waals surface area contributed by atoms with Crippen LogP contribution in [0.4, 0.5) is 0 Å². The van der Waals surface area contributed by atoms with E-state index >= 15 is 0 Å². The van der Waals surface area contributed by atoms with Crippen LogP contribution < -0.4 is 5.73 Å². The Hall–Kier alpha value is 0.0200. The summed E-state index contributed by atoms with van der Waals surface area (Å²) in [7, 11) is 0. The molecule has 0 atom stereocenters. The van der Waals surface area contributed by atoms with E-state index in [9.17, 15) is 0 Å². The molecule has 7 heavy (non-hydrogen) atoms. The van der Waals surface area contributed by atoms with E-state index in [-0.39, 0.29) is 0 Å². The summed E-state index contributed by atoms with van der Waals surface area (Å²) >= 11 is 3.30. The van der Waals surface area contributed by atoms with Crippen LogP contribution in [0.5, 0.6) is 0 Å². The Morgan fingerprint density at radius 3 is 2.14 bits per heavy atom. The Balaban J connectivity index is 3.72. The van der Waals surface area contributed by atoms with Crippen LogP contribution in [0.3, 0.4) is 0 Å². The monoisotopic (exact) mass is 163 g/mol. The second-order valence-corrected chi connectivity index (χ2v) is 2.40. The Morgan fingerprint density at radius 2 is 2.14 bits per heavy atom. The molecule has 0 spiro atoms. The van der Waals surface area contributed by atoms with Crippen LogP contribution in [-0.2, 0) is 0 Å². The van der Waals surface area contributed by atoms with E-state index in [1.165, 1.54) is 0 Å². The molecule has 0 aromatic heterocycles. The molecule has 0 heterocycles. The van der Waals surface area contributed by atoms with Crippen molar-refractivity contribution in [2.75, 3.05) is 0 Å². The fourth-order valence-electron chi connectivity index (χ4n) is 0.279. The van der Waals surface area contributed by atoms with Gasteiger partial charge in [0, 0.05) is 10.2 Å². The Morgan fingerprint density at radius 1 is 1.71 bits per heavy atom. The molecule has 0 aliphatic carbocycles. The van der Waals surface area contributed by atoms with Gasteiger partial charge >= 0.3 is 0 Å². The number of hydrogen-bond donors (Lipinski definition) is 1. The summed E-state index contributed by atoms with van der Waals surface area (Å²) in [4.78, 5) is 0. The summed E-state index contributed by atoms with van der Waals surface area (Å²) in [5.74, 6) is 0. The maximum absolute atomic E-state index is 5.38. The van der Waals surface area contributed by atoms with Crippen molar-refractivity contribution in [3.63, 3.8) is 0 Å². The lowest BCUT2D eigenvalue weighted by molar-refractivity contribution is 1.14. The maximum atomic E-state index is 5.38. The number of allylic oxidation sites excluding steroid dienone is 2. The number of rotatable bonds is 1. The minimum Gasteiger partial charge on any atom is -0.402 e. The molecule has 0 aromatic rings. The van der Waals surface area contributed by atoms with E-state index in [4.69, 9.17) is 5.73 Å². The average molecular weight is 164 g/mol. The quantitative estimate of drug-likeness (QED) is 0.629. The van der Waals surface area contributed by atoms with E-state index in [0.717, 1.165) is 16.6 Å². The topological polar surface area (TPSA) is 26.0 Å². The largest absolute Gasteiger partial charge is 0.402 e. The molecule has 0 unspecified atom stereocenters. The average Bonchev–Trinajstić information content (AvgIpc) is 1.65. The third-order valence-corrected chi connectivity index (χ3v) is 1.92. The van der Waals surface area contributed by atoms with Crippen molar-refractivity contribution in [1.82, 2.24) is 0 Å². The van der Waals surface area contributed by atoms with Crippen molar-refractivity contribution >= 4 is 15.9 Å². The minimum absolute atomic E-state index is 0.877. The SMILES string of the molecule is CCC(Br)=C(C)N. The molecule has 42 valence electrons. The molecule has 0 bridgehead atoms. The molecule has 0 aliphatic rings. The molecule has 0 aromatic carbocycles. The Kier molecular flexibility index (Phi) is 3.09.